The average molecular weight is 615 g/mol. The van der Waals surface area contributed by atoms with Gasteiger partial charge in [0.25, 0.3) is 0 Å². The molecule has 5 rings (SSSR count). The van der Waals surface area contributed by atoms with E-state index < -0.39 is 5.97 Å². The Bertz CT molecular complexity index is 1160. The predicted octanol–water partition coefficient (Wildman–Crippen LogP) is 5.40. The summed E-state index contributed by atoms with van der Waals surface area (Å²) in [6.45, 7) is 3.73. The van der Waals surface area contributed by atoms with Crippen LogP contribution in [0.25, 0.3) is 0 Å². The molecule has 2 saturated heterocycles. The number of piperidine rings is 2. The van der Waals surface area contributed by atoms with Crippen LogP contribution in [0.3, 0.4) is 0 Å². The molecule has 0 spiro atoms. The predicted molar refractivity (Wildman–Crippen MR) is 181 cm³/mol. The van der Waals surface area contributed by atoms with E-state index in [1.807, 2.05) is 6.07 Å². The smallest absolute Gasteiger partial charge is 0.347 e. The Hall–Kier alpha value is -3.75. The standard InChI is InChI=1S/C26H30N6O3.2CH5N.ClH.2H3N.4H2/c33-22-18-19(12-13-21(22)23(34)35-20-10-4-1-5-11-20)27-24-28-25(31-14-6-2-7-15-31)30-26(29-24)32-16-8-3-9-17-32;2*1-2;;;;;;;/h1,4-5,10-13,18,33H,2-3,6-9,14-17H2,(H,27,28,29,30);2*2H2,1H3;1H;2*1H3;4*1H. The zero-order valence-electron chi connectivity index (χ0n) is 24.7. The molecule has 12 N–H and O–H groups in total. The number of esters is 1. The number of nitrogens with one attached hydrogen (secondary N) is 1. The van der Waals surface area contributed by atoms with E-state index in [0.29, 0.717) is 29.3 Å². The van der Waals surface area contributed by atoms with Crippen molar-refractivity contribution < 1.29 is 20.3 Å². The van der Waals surface area contributed by atoms with Gasteiger partial charge in [-0.15, -0.1) is 12.4 Å². The Morgan fingerprint density at radius 2 is 1.31 bits per heavy atom. The quantitative estimate of drug-likeness (QED) is 0.151. The number of carbonyl (C=O) groups excluding carboxylic acids is 1. The minimum Gasteiger partial charge on any atom is -0.507 e. The number of hydrogen-bond acceptors (Lipinski definition) is 13. The monoisotopic (exact) mass is 614 g/mol. The summed E-state index contributed by atoms with van der Waals surface area (Å²) < 4.78 is 5.34. The molecule has 2 aromatic carbocycles. The third-order valence-corrected chi connectivity index (χ3v) is 6.32. The number of carbonyl (C=O) groups is 1. The fourth-order valence-corrected chi connectivity index (χ4v) is 4.44. The van der Waals surface area contributed by atoms with Gasteiger partial charge in [0.05, 0.1) is 0 Å². The maximum absolute atomic E-state index is 12.5. The molecule has 0 atom stereocenters. The number of rotatable bonds is 6. The zero-order chi connectivity index (χ0) is 28.0. The highest BCUT2D eigenvalue weighted by Crippen LogP contribution is 2.27. The molecule has 2 fully saturated rings. The fourth-order valence-electron chi connectivity index (χ4n) is 4.44. The molecule has 3 heterocycles. The molecule has 14 heteroatoms. The number of nitrogens with two attached hydrogens (primary N) is 2. The molecular formula is C28H55ClN10O3. The summed E-state index contributed by atoms with van der Waals surface area (Å²) in [6, 6.07) is 13.5. The molecule has 0 amide bonds. The number of hydrogen-bond donors (Lipinski definition) is 6. The topological polar surface area (TPSA) is 226 Å². The number of halogens is 1. The summed E-state index contributed by atoms with van der Waals surface area (Å²) in [4.78, 5) is 31.1. The van der Waals surface area contributed by atoms with Gasteiger partial charge >= 0.3 is 5.97 Å². The summed E-state index contributed by atoms with van der Waals surface area (Å²) >= 11 is 0. The van der Waals surface area contributed by atoms with Gasteiger partial charge in [0.2, 0.25) is 17.8 Å². The molecule has 0 bridgehead atoms. The number of aromatic hydroxyl groups is 1. The lowest BCUT2D eigenvalue weighted by atomic mass is 10.1. The molecule has 2 aliphatic heterocycles. The van der Waals surface area contributed by atoms with Crippen molar-refractivity contribution in [3.63, 3.8) is 0 Å². The van der Waals surface area contributed by atoms with Crippen LogP contribution in [-0.2, 0) is 0 Å². The lowest BCUT2D eigenvalue weighted by Crippen LogP contribution is -2.34. The van der Waals surface area contributed by atoms with E-state index >= 15 is 0 Å². The van der Waals surface area contributed by atoms with Gasteiger partial charge in [-0.05, 0) is 76.9 Å². The van der Waals surface area contributed by atoms with Crippen molar-refractivity contribution in [2.24, 2.45) is 11.5 Å². The summed E-state index contributed by atoms with van der Waals surface area (Å²) in [5.41, 5.74) is 9.65. The molecule has 0 radical (unpaired) electrons. The highest BCUT2D eigenvalue weighted by atomic mass is 35.5. The minimum absolute atomic E-state index is 0. The van der Waals surface area contributed by atoms with E-state index in [0.717, 1.165) is 51.9 Å². The second-order valence-corrected chi connectivity index (χ2v) is 8.91. The van der Waals surface area contributed by atoms with E-state index in [4.69, 9.17) is 9.72 Å². The van der Waals surface area contributed by atoms with E-state index in [1.54, 1.807) is 30.3 Å². The third-order valence-electron chi connectivity index (χ3n) is 6.32. The van der Waals surface area contributed by atoms with Crippen LogP contribution in [0.2, 0.25) is 0 Å². The maximum Gasteiger partial charge on any atom is 0.347 e. The van der Waals surface area contributed by atoms with Crippen LogP contribution in [0.15, 0.2) is 48.5 Å². The summed E-state index contributed by atoms with van der Waals surface area (Å²) in [6.07, 6.45) is 6.96. The van der Waals surface area contributed by atoms with Crippen LogP contribution in [0.1, 0.15) is 54.6 Å². The van der Waals surface area contributed by atoms with Crippen LogP contribution >= 0.6 is 12.4 Å². The number of anilines is 4. The largest absolute Gasteiger partial charge is 0.507 e. The third kappa shape index (κ3) is 10.6. The molecule has 0 unspecified atom stereocenters. The summed E-state index contributed by atoms with van der Waals surface area (Å²) in [5, 5.41) is 13.7. The highest BCUT2D eigenvalue weighted by Gasteiger charge is 2.21. The first-order valence-corrected chi connectivity index (χ1v) is 13.4. The van der Waals surface area contributed by atoms with Crippen LogP contribution in [0.5, 0.6) is 11.5 Å². The Morgan fingerprint density at radius 3 is 1.79 bits per heavy atom. The van der Waals surface area contributed by atoms with Gasteiger partial charge in [-0.25, -0.2) is 4.79 Å². The molecule has 13 nitrogen and oxygen atoms in total. The fraction of sp³-hybridized carbons (Fsp3) is 0.429. The van der Waals surface area contributed by atoms with Crippen LogP contribution in [-0.4, -0.2) is 66.3 Å². The molecule has 0 aliphatic carbocycles. The summed E-state index contributed by atoms with van der Waals surface area (Å²) in [5.74, 6) is 1.38. The van der Waals surface area contributed by atoms with Crippen molar-refractivity contribution in [2.75, 3.05) is 55.4 Å². The molecule has 242 valence electrons. The number of phenols is 1. The normalized spacial score (nSPS) is 13.7. The number of para-hydroxylation sites is 1. The zero-order valence-corrected chi connectivity index (χ0v) is 25.5. The first kappa shape index (κ1) is 38.2. The van der Waals surface area contributed by atoms with Gasteiger partial charge in [0, 0.05) is 43.6 Å². The van der Waals surface area contributed by atoms with E-state index in [1.165, 1.54) is 39.1 Å². The molecular weight excluding hydrogens is 560 g/mol. The second-order valence-electron chi connectivity index (χ2n) is 8.91. The van der Waals surface area contributed by atoms with Gasteiger partial charge in [-0.3, -0.25) is 0 Å². The first-order chi connectivity index (χ1) is 19.2. The first-order valence-electron chi connectivity index (χ1n) is 13.4. The Morgan fingerprint density at radius 1 is 0.810 bits per heavy atom. The van der Waals surface area contributed by atoms with Crippen LogP contribution in [0.4, 0.5) is 23.5 Å². The Labute approximate surface area is 260 Å². The van der Waals surface area contributed by atoms with Crippen LogP contribution in [0, 0.1) is 0 Å². The SMILES string of the molecule is CN.CN.Cl.N.N.O=C(Oc1ccccc1)c1ccc(Nc2nc(N3CCCCC3)nc(N3CCCCC3)n2)cc1O.[HH].[HH].[HH].[HH]. The molecule has 1 aromatic heterocycles. The van der Waals surface area contributed by atoms with Crippen molar-refractivity contribution in [3.8, 4) is 11.5 Å². The van der Waals surface area contributed by atoms with Gasteiger partial charge in [-0.2, -0.15) is 15.0 Å². The van der Waals surface area contributed by atoms with Gasteiger partial charge in [-0.1, -0.05) is 18.2 Å². The number of aromatic nitrogens is 3. The maximum atomic E-state index is 12.5. The lowest BCUT2D eigenvalue weighted by molar-refractivity contribution is 0.0731. The van der Waals surface area contributed by atoms with Crippen molar-refractivity contribution in [1.29, 1.82) is 0 Å². The summed E-state index contributed by atoms with van der Waals surface area (Å²) in [7, 11) is 3.00. The Balaban J connectivity index is -0.000000491. The van der Waals surface area contributed by atoms with Crippen molar-refractivity contribution >= 4 is 41.9 Å². The average Bonchev–Trinajstić information content (AvgIpc) is 3.00. The van der Waals surface area contributed by atoms with Crippen molar-refractivity contribution in [3.05, 3.63) is 54.1 Å². The molecule has 2 aliphatic rings. The van der Waals surface area contributed by atoms with Crippen molar-refractivity contribution in [2.45, 2.75) is 38.5 Å². The number of phenolic OH excluding ortho intramolecular Hbond substituents is 1. The van der Waals surface area contributed by atoms with Crippen LogP contribution < -0.4 is 43.6 Å². The highest BCUT2D eigenvalue weighted by molar-refractivity contribution is 5.94. The Kier molecular flexibility index (Phi) is 18.4. The molecule has 3 aromatic rings. The number of nitrogens with zero attached hydrogens (tertiary/aromatic N) is 5. The number of benzene rings is 2. The number of ether oxygens (including phenoxy) is 1. The molecule has 0 saturated carbocycles. The van der Waals surface area contributed by atoms with Crippen molar-refractivity contribution in [1.82, 2.24) is 27.3 Å². The molecule has 42 heavy (non-hydrogen) atoms. The minimum atomic E-state index is -0.625. The van der Waals surface area contributed by atoms with E-state index in [9.17, 15) is 9.90 Å². The van der Waals surface area contributed by atoms with E-state index in [-0.39, 0.29) is 41.7 Å². The second kappa shape index (κ2) is 20.2. The van der Waals surface area contributed by atoms with Gasteiger partial charge < -0.3 is 48.7 Å². The van der Waals surface area contributed by atoms with Gasteiger partial charge in [0.15, 0.2) is 0 Å². The lowest BCUT2D eigenvalue weighted by Gasteiger charge is -2.30. The van der Waals surface area contributed by atoms with Gasteiger partial charge in [0.1, 0.15) is 17.1 Å². The van der Waals surface area contributed by atoms with E-state index in [2.05, 4.69) is 36.6 Å².